The van der Waals surface area contributed by atoms with E-state index in [1.54, 1.807) is 0 Å². The normalized spacial score (nSPS) is 16.8. The molecule has 2 N–H and O–H groups in total. The van der Waals surface area contributed by atoms with Crippen LogP contribution in [0.2, 0.25) is 0 Å². The first kappa shape index (κ1) is 13.3. The first-order valence-electron chi connectivity index (χ1n) is 6.85. The number of aromatic nitrogens is 3. The Balaban J connectivity index is 1.81. The summed E-state index contributed by atoms with van der Waals surface area (Å²) >= 11 is 0. The van der Waals surface area contributed by atoms with Crippen LogP contribution in [-0.2, 0) is 11.2 Å². The van der Waals surface area contributed by atoms with Gasteiger partial charge in [-0.2, -0.15) is 4.98 Å². The quantitative estimate of drug-likeness (QED) is 0.726. The Morgan fingerprint density at radius 2 is 2.22 bits per heavy atom. The van der Waals surface area contributed by atoms with E-state index in [9.17, 15) is 0 Å². The van der Waals surface area contributed by atoms with Crippen molar-refractivity contribution < 1.29 is 4.74 Å². The smallest absolute Gasteiger partial charge is 0.244 e. The number of hydrogen-bond acceptors (Lipinski definition) is 5. The minimum absolute atomic E-state index is 0.712. The zero-order chi connectivity index (χ0) is 12.6. The van der Waals surface area contributed by atoms with Crippen molar-refractivity contribution in [3.63, 3.8) is 0 Å². The van der Waals surface area contributed by atoms with E-state index in [1.165, 1.54) is 0 Å². The van der Waals surface area contributed by atoms with Crippen molar-refractivity contribution in [1.82, 2.24) is 20.5 Å². The average molecular weight is 253 g/mol. The lowest BCUT2D eigenvalue weighted by Crippen LogP contribution is -2.28. The third kappa shape index (κ3) is 3.96. The molecule has 18 heavy (non-hydrogen) atoms. The Hall–Kier alpha value is -1.14. The van der Waals surface area contributed by atoms with Crippen molar-refractivity contribution in [2.24, 2.45) is 0 Å². The molecule has 1 aromatic heterocycles. The summed E-state index contributed by atoms with van der Waals surface area (Å²) < 4.78 is 5.45. The molecule has 2 rings (SSSR count). The van der Waals surface area contributed by atoms with Gasteiger partial charge in [0.2, 0.25) is 5.95 Å². The van der Waals surface area contributed by atoms with Crippen LogP contribution >= 0.6 is 0 Å². The molecule has 0 unspecified atom stereocenters. The molecule has 0 amide bonds. The van der Waals surface area contributed by atoms with Crippen LogP contribution in [0.15, 0.2) is 0 Å². The molecular formula is C12H23N5O. The van der Waals surface area contributed by atoms with Gasteiger partial charge in [0.25, 0.3) is 0 Å². The van der Waals surface area contributed by atoms with Gasteiger partial charge < -0.3 is 15.0 Å². The Morgan fingerprint density at radius 3 is 3.11 bits per heavy atom. The third-order valence-electron chi connectivity index (χ3n) is 2.97. The molecule has 102 valence electrons. The highest BCUT2D eigenvalue weighted by Gasteiger charge is 2.13. The van der Waals surface area contributed by atoms with Crippen LogP contribution in [0.1, 0.15) is 25.6 Å². The molecule has 0 bridgehead atoms. The maximum Gasteiger partial charge on any atom is 0.244 e. The zero-order valence-corrected chi connectivity index (χ0v) is 11.1. The van der Waals surface area contributed by atoms with Crippen LogP contribution in [0.5, 0.6) is 0 Å². The minimum atomic E-state index is 0.712. The van der Waals surface area contributed by atoms with E-state index in [2.05, 4.69) is 32.3 Å². The van der Waals surface area contributed by atoms with Gasteiger partial charge in [0.15, 0.2) is 0 Å². The lowest BCUT2D eigenvalue weighted by molar-refractivity contribution is 0.136. The first-order valence-corrected chi connectivity index (χ1v) is 6.85. The molecule has 0 saturated carbocycles. The molecule has 0 atom stereocenters. The predicted octanol–water partition coefficient (Wildman–Crippen LogP) is 0.574. The highest BCUT2D eigenvalue weighted by atomic mass is 16.5. The topological polar surface area (TPSA) is 66.1 Å². The summed E-state index contributed by atoms with van der Waals surface area (Å²) in [5, 5.41) is 10.7. The van der Waals surface area contributed by atoms with E-state index in [0.29, 0.717) is 6.61 Å². The minimum Gasteiger partial charge on any atom is -0.381 e. The molecule has 1 aliphatic rings. The molecule has 0 radical (unpaired) electrons. The first-order chi connectivity index (χ1) is 8.90. The molecule has 6 nitrogen and oxygen atoms in total. The zero-order valence-electron chi connectivity index (χ0n) is 11.1. The average Bonchev–Trinajstić information content (AvgIpc) is 2.69. The predicted molar refractivity (Wildman–Crippen MR) is 70.9 cm³/mol. The number of aromatic amines is 1. The van der Waals surface area contributed by atoms with Crippen molar-refractivity contribution >= 4 is 5.95 Å². The van der Waals surface area contributed by atoms with Crippen LogP contribution < -0.4 is 10.2 Å². The van der Waals surface area contributed by atoms with Gasteiger partial charge in [0.1, 0.15) is 5.82 Å². The maximum absolute atomic E-state index is 5.45. The molecule has 0 aliphatic carbocycles. The summed E-state index contributed by atoms with van der Waals surface area (Å²) in [6.07, 6.45) is 3.00. The summed E-state index contributed by atoms with van der Waals surface area (Å²) in [6.45, 7) is 7.73. The van der Waals surface area contributed by atoms with Gasteiger partial charge in [0, 0.05) is 32.7 Å². The van der Waals surface area contributed by atoms with Crippen LogP contribution in [0.25, 0.3) is 0 Å². The Kier molecular flexibility index (Phi) is 5.41. The largest absolute Gasteiger partial charge is 0.381 e. The summed E-state index contributed by atoms with van der Waals surface area (Å²) in [5.74, 6) is 1.74. The molecular weight excluding hydrogens is 230 g/mol. The lowest BCUT2D eigenvalue weighted by atomic mass is 10.4. The fourth-order valence-corrected chi connectivity index (χ4v) is 2.00. The van der Waals surface area contributed by atoms with Gasteiger partial charge in [-0.15, -0.1) is 5.10 Å². The van der Waals surface area contributed by atoms with Gasteiger partial charge >= 0.3 is 0 Å². The fraction of sp³-hybridized carbons (Fsp3) is 0.833. The monoisotopic (exact) mass is 253 g/mol. The van der Waals surface area contributed by atoms with E-state index in [0.717, 1.165) is 63.8 Å². The van der Waals surface area contributed by atoms with Gasteiger partial charge in [-0.05, 0) is 19.4 Å². The van der Waals surface area contributed by atoms with Crippen LogP contribution in [-0.4, -0.2) is 54.6 Å². The van der Waals surface area contributed by atoms with E-state index < -0.39 is 0 Å². The van der Waals surface area contributed by atoms with Gasteiger partial charge in [-0.3, -0.25) is 5.10 Å². The van der Waals surface area contributed by atoms with Crippen molar-refractivity contribution in [2.75, 3.05) is 44.3 Å². The van der Waals surface area contributed by atoms with Gasteiger partial charge in [0.05, 0.1) is 6.61 Å². The number of rotatable bonds is 6. The molecule has 0 spiro atoms. The summed E-state index contributed by atoms with van der Waals surface area (Å²) in [4.78, 5) is 6.75. The van der Waals surface area contributed by atoms with Crippen LogP contribution in [0, 0.1) is 0 Å². The summed E-state index contributed by atoms with van der Waals surface area (Å²) in [6, 6.07) is 0. The van der Waals surface area contributed by atoms with E-state index in [4.69, 9.17) is 4.74 Å². The van der Waals surface area contributed by atoms with E-state index in [-0.39, 0.29) is 0 Å². The number of nitrogens with zero attached hydrogens (tertiary/aromatic N) is 3. The number of anilines is 1. The lowest BCUT2D eigenvalue weighted by Gasteiger charge is -2.16. The highest BCUT2D eigenvalue weighted by Crippen LogP contribution is 2.08. The number of H-pyrrole nitrogens is 1. The molecule has 6 heteroatoms. The van der Waals surface area contributed by atoms with Crippen LogP contribution in [0.3, 0.4) is 0 Å². The van der Waals surface area contributed by atoms with E-state index >= 15 is 0 Å². The number of hydrogen-bond donors (Lipinski definition) is 2. The molecule has 1 fully saturated rings. The molecule has 1 aliphatic heterocycles. The second-order valence-electron chi connectivity index (χ2n) is 4.54. The van der Waals surface area contributed by atoms with Crippen molar-refractivity contribution in [3.8, 4) is 0 Å². The van der Waals surface area contributed by atoms with Crippen LogP contribution in [0.4, 0.5) is 5.95 Å². The molecule has 1 aromatic rings. The third-order valence-corrected chi connectivity index (χ3v) is 2.97. The standard InChI is InChI=1S/C12H23N5O/c1-2-9-18-10-4-11-14-12(16-15-11)17-7-3-5-13-6-8-17/h13H,2-10H2,1H3,(H,14,15,16). The maximum atomic E-state index is 5.45. The second-order valence-corrected chi connectivity index (χ2v) is 4.54. The summed E-state index contributed by atoms with van der Waals surface area (Å²) in [5.41, 5.74) is 0. The Morgan fingerprint density at radius 1 is 1.28 bits per heavy atom. The molecule has 1 saturated heterocycles. The Labute approximate surface area is 108 Å². The van der Waals surface area contributed by atoms with Gasteiger partial charge in [-0.1, -0.05) is 6.92 Å². The number of ether oxygens (including phenoxy) is 1. The molecule has 0 aromatic carbocycles. The Bertz CT molecular complexity index is 333. The van der Waals surface area contributed by atoms with Crippen molar-refractivity contribution in [2.45, 2.75) is 26.2 Å². The van der Waals surface area contributed by atoms with Gasteiger partial charge in [-0.25, -0.2) is 0 Å². The second kappa shape index (κ2) is 7.33. The fourth-order valence-electron chi connectivity index (χ4n) is 2.00. The number of nitrogens with one attached hydrogen (secondary N) is 2. The van der Waals surface area contributed by atoms with Crippen molar-refractivity contribution in [1.29, 1.82) is 0 Å². The molecule has 2 heterocycles. The van der Waals surface area contributed by atoms with Crippen molar-refractivity contribution in [3.05, 3.63) is 5.82 Å². The SMILES string of the molecule is CCCOCCc1nc(N2CCCNCC2)n[nH]1. The summed E-state index contributed by atoms with van der Waals surface area (Å²) in [7, 11) is 0. The highest BCUT2D eigenvalue weighted by molar-refractivity contribution is 5.28. The van der Waals surface area contributed by atoms with E-state index in [1.807, 2.05) is 0 Å².